The third-order valence-corrected chi connectivity index (χ3v) is 1.63. The zero-order valence-corrected chi connectivity index (χ0v) is 9.32. The molecule has 0 aliphatic rings. The molecule has 78 valence electrons. The molecule has 0 saturated carbocycles. The summed E-state index contributed by atoms with van der Waals surface area (Å²) in [6.45, 7) is 1.59. The van der Waals surface area contributed by atoms with E-state index in [4.69, 9.17) is 40.1 Å². The molecule has 0 atom stereocenters. The molecular weight excluding hydrogens is 252 g/mol. The molecule has 0 aliphatic carbocycles. The second-order valence-corrected chi connectivity index (χ2v) is 4.33. The maximum atomic E-state index is 11.0. The van der Waals surface area contributed by atoms with Gasteiger partial charge in [-0.25, -0.2) is 4.79 Å². The van der Waals surface area contributed by atoms with Gasteiger partial charge in [0.05, 0.1) is 6.61 Å². The van der Waals surface area contributed by atoms with Crippen molar-refractivity contribution in [3.63, 3.8) is 0 Å². The van der Waals surface area contributed by atoms with E-state index in [1.807, 2.05) is 0 Å². The van der Waals surface area contributed by atoms with E-state index in [2.05, 4.69) is 4.74 Å². The molecule has 1 N–H and O–H groups in total. The van der Waals surface area contributed by atoms with Crippen LogP contribution in [0.5, 0.6) is 0 Å². The van der Waals surface area contributed by atoms with Gasteiger partial charge < -0.3 is 9.84 Å². The summed E-state index contributed by atoms with van der Waals surface area (Å²) in [6, 6.07) is 1.39. The average Bonchev–Trinajstić information content (AvgIpc) is 2.04. The van der Waals surface area contributed by atoms with E-state index in [1.54, 1.807) is 6.92 Å². The molecule has 0 unspecified atom stereocenters. The van der Waals surface area contributed by atoms with Crippen molar-refractivity contribution >= 4 is 40.8 Å². The van der Waals surface area contributed by atoms with Crippen LogP contribution in [0.2, 0.25) is 0 Å². The lowest BCUT2D eigenvalue weighted by atomic mass is 10.2. The van der Waals surface area contributed by atoms with Crippen LogP contribution in [0.25, 0.3) is 0 Å². The molecule has 0 rings (SSSR count). The van der Waals surface area contributed by atoms with E-state index in [9.17, 15) is 9.90 Å². The van der Waals surface area contributed by atoms with E-state index >= 15 is 0 Å². The van der Waals surface area contributed by atoms with Crippen molar-refractivity contribution in [1.82, 2.24) is 0 Å². The quantitative estimate of drug-likeness (QED) is 0.271. The number of halogens is 3. The van der Waals surface area contributed by atoms with E-state index in [0.717, 1.165) is 0 Å². The summed E-state index contributed by atoms with van der Waals surface area (Å²) >= 11 is 15.8. The number of esters is 1. The molecule has 0 fully saturated rings. The van der Waals surface area contributed by atoms with Crippen LogP contribution in [-0.4, -0.2) is 21.5 Å². The molecular formula is C7H6Cl3NO3. The number of rotatable bonds is 2. The Hall–Kier alpha value is -0.630. The van der Waals surface area contributed by atoms with Gasteiger partial charge in [-0.15, -0.1) is 0 Å². The Kier molecular flexibility index (Phi) is 5.06. The van der Waals surface area contributed by atoms with E-state index in [-0.39, 0.29) is 6.61 Å². The first-order valence-electron chi connectivity index (χ1n) is 3.42. The Morgan fingerprint density at radius 3 is 2.36 bits per heavy atom. The van der Waals surface area contributed by atoms with Crippen LogP contribution in [0.15, 0.2) is 11.3 Å². The molecule has 0 saturated heterocycles. The Morgan fingerprint density at radius 1 is 1.57 bits per heavy atom. The average molecular weight is 258 g/mol. The van der Waals surface area contributed by atoms with Crippen LogP contribution in [0.1, 0.15) is 6.92 Å². The Balaban J connectivity index is 5.08. The van der Waals surface area contributed by atoms with Gasteiger partial charge in [0.2, 0.25) is 3.79 Å². The highest BCUT2D eigenvalue weighted by Crippen LogP contribution is 2.34. The Bertz CT molecular complexity index is 300. The number of aliphatic hydroxyl groups is 1. The fraction of sp³-hybridized carbons (Fsp3) is 0.429. The predicted octanol–water partition coefficient (Wildman–Crippen LogP) is 2.26. The molecule has 0 aliphatic heterocycles. The second kappa shape index (κ2) is 5.30. The second-order valence-electron chi connectivity index (χ2n) is 2.05. The highest BCUT2D eigenvalue weighted by molar-refractivity contribution is 6.69. The molecule has 4 nitrogen and oxygen atoms in total. The summed E-state index contributed by atoms with van der Waals surface area (Å²) in [5, 5.41) is 17.7. The fourth-order valence-corrected chi connectivity index (χ4v) is 0.824. The minimum Gasteiger partial charge on any atom is -0.506 e. The first-order valence-corrected chi connectivity index (χ1v) is 4.55. The van der Waals surface area contributed by atoms with Crippen molar-refractivity contribution in [2.75, 3.05) is 6.61 Å². The Morgan fingerprint density at radius 2 is 2.07 bits per heavy atom. The maximum Gasteiger partial charge on any atom is 0.352 e. The monoisotopic (exact) mass is 257 g/mol. The minimum absolute atomic E-state index is 0.0527. The van der Waals surface area contributed by atoms with Crippen LogP contribution >= 0.6 is 34.8 Å². The van der Waals surface area contributed by atoms with Gasteiger partial charge in [-0.2, -0.15) is 5.26 Å². The summed E-state index contributed by atoms with van der Waals surface area (Å²) in [5.74, 6) is -1.97. The van der Waals surface area contributed by atoms with E-state index < -0.39 is 21.1 Å². The highest BCUT2D eigenvalue weighted by atomic mass is 35.6. The van der Waals surface area contributed by atoms with Gasteiger partial charge in [0.15, 0.2) is 11.3 Å². The van der Waals surface area contributed by atoms with Crippen LogP contribution in [-0.2, 0) is 9.53 Å². The number of alkyl halides is 3. The normalized spacial score (nSPS) is 12.8. The smallest absolute Gasteiger partial charge is 0.352 e. The SMILES string of the molecule is CCOC(=O)/C(C#N)=C(\O)C(Cl)(Cl)Cl. The fourth-order valence-electron chi connectivity index (χ4n) is 0.540. The van der Waals surface area contributed by atoms with Crippen molar-refractivity contribution in [3.05, 3.63) is 11.3 Å². The molecule has 14 heavy (non-hydrogen) atoms. The molecule has 0 radical (unpaired) electrons. The van der Waals surface area contributed by atoms with Gasteiger partial charge in [0.1, 0.15) is 6.07 Å². The van der Waals surface area contributed by atoms with Crippen molar-refractivity contribution in [2.24, 2.45) is 0 Å². The number of ether oxygens (including phenoxy) is 1. The van der Waals surface area contributed by atoms with Gasteiger partial charge in [-0.3, -0.25) is 0 Å². The van der Waals surface area contributed by atoms with Crippen LogP contribution < -0.4 is 0 Å². The zero-order chi connectivity index (χ0) is 11.4. The molecule has 0 heterocycles. The Labute approximate surface area is 95.6 Å². The van der Waals surface area contributed by atoms with E-state index in [0.29, 0.717) is 0 Å². The largest absolute Gasteiger partial charge is 0.506 e. The topological polar surface area (TPSA) is 70.3 Å². The molecule has 0 aromatic carbocycles. The van der Waals surface area contributed by atoms with Gasteiger partial charge in [-0.05, 0) is 6.92 Å². The molecule has 0 spiro atoms. The lowest BCUT2D eigenvalue weighted by molar-refractivity contribution is -0.138. The van der Waals surface area contributed by atoms with Crippen LogP contribution in [0, 0.1) is 11.3 Å². The van der Waals surface area contributed by atoms with Crippen molar-refractivity contribution in [1.29, 1.82) is 5.26 Å². The number of hydrogen-bond acceptors (Lipinski definition) is 4. The number of allylic oxidation sites excluding steroid dienone is 1. The number of carbonyl (C=O) groups excluding carboxylic acids is 1. The number of carbonyl (C=O) groups is 1. The highest BCUT2D eigenvalue weighted by Gasteiger charge is 2.32. The lowest BCUT2D eigenvalue weighted by Gasteiger charge is -2.10. The first-order chi connectivity index (χ1) is 6.34. The third kappa shape index (κ3) is 3.62. The third-order valence-electron chi connectivity index (χ3n) is 1.10. The van der Waals surface area contributed by atoms with E-state index in [1.165, 1.54) is 6.07 Å². The van der Waals surface area contributed by atoms with Crippen molar-refractivity contribution in [2.45, 2.75) is 10.7 Å². The summed E-state index contributed by atoms with van der Waals surface area (Å²) < 4.78 is 2.25. The molecule has 0 bridgehead atoms. The van der Waals surface area contributed by atoms with Gasteiger partial charge in [-0.1, -0.05) is 34.8 Å². The summed E-state index contributed by atoms with van der Waals surface area (Å²) in [7, 11) is 0. The van der Waals surface area contributed by atoms with Crippen LogP contribution in [0.4, 0.5) is 0 Å². The number of nitrogens with zero attached hydrogens (tertiary/aromatic N) is 1. The first kappa shape index (κ1) is 13.4. The van der Waals surface area contributed by atoms with Crippen molar-refractivity contribution in [3.8, 4) is 6.07 Å². The molecule has 0 amide bonds. The number of aliphatic hydroxyl groups excluding tert-OH is 1. The summed E-state index contributed by atoms with van der Waals surface area (Å²) in [6.07, 6.45) is 0. The summed E-state index contributed by atoms with van der Waals surface area (Å²) in [4.78, 5) is 11.0. The van der Waals surface area contributed by atoms with Gasteiger partial charge >= 0.3 is 5.97 Å². The number of hydrogen-bond donors (Lipinski definition) is 1. The minimum atomic E-state index is -2.21. The van der Waals surface area contributed by atoms with Gasteiger partial charge in [0, 0.05) is 0 Å². The standard InChI is InChI=1S/C7H6Cl3NO3/c1-2-14-6(13)4(3-11)5(12)7(8,9)10/h12H,2H2,1H3/b5-4-. The van der Waals surface area contributed by atoms with Gasteiger partial charge in [0.25, 0.3) is 0 Å². The summed E-state index contributed by atoms with van der Waals surface area (Å²) in [5.41, 5.74) is -0.716. The van der Waals surface area contributed by atoms with Crippen LogP contribution in [0.3, 0.4) is 0 Å². The lowest BCUT2D eigenvalue weighted by Crippen LogP contribution is -2.16. The zero-order valence-electron chi connectivity index (χ0n) is 7.05. The predicted molar refractivity (Wildman–Crippen MR) is 52.2 cm³/mol. The molecule has 0 aromatic heterocycles. The van der Waals surface area contributed by atoms with Crippen molar-refractivity contribution < 1.29 is 14.6 Å². The molecule has 0 aromatic rings. The molecule has 7 heteroatoms. The maximum absolute atomic E-state index is 11.0. The number of nitriles is 1.